The molecule has 0 saturated heterocycles. The molecule has 0 aromatic heterocycles. The summed E-state index contributed by atoms with van der Waals surface area (Å²) in [5, 5.41) is 0. The number of rotatable bonds is 12. The van der Waals surface area contributed by atoms with E-state index in [-0.39, 0.29) is 0 Å². The standard InChI is InChI=1S/C20BF44/c22-1(13(42,43)44,14(45,46)47)5(26,27)9(34,35)21(10(36,37)6(28,29)2(23,15(48,49)50)16(51,52)53,11(38,39)7(30,31)3(24,17(54,55)56)18(57,58)59)12(40,41)8(32,33)4(25,19(60,61)62)20(63,64)65/q-1. The summed E-state index contributed by atoms with van der Waals surface area (Å²) in [6, 6.07) is 0. The van der Waals surface area contributed by atoms with Crippen LogP contribution >= 0.6 is 0 Å². The highest BCUT2D eigenvalue weighted by Gasteiger charge is 3.09. The zero-order valence-electron chi connectivity index (χ0n) is 27.2. The Morgan fingerprint density at radius 1 is 0.138 bits per heavy atom. The molecule has 0 unspecified atom stereocenters. The van der Waals surface area contributed by atoms with E-state index in [1.165, 1.54) is 0 Å². The van der Waals surface area contributed by atoms with Crippen molar-refractivity contribution < 1.29 is 193 Å². The van der Waals surface area contributed by atoms with Gasteiger partial charge in [0.1, 0.15) is 0 Å². The quantitative estimate of drug-likeness (QED) is 0.135. The summed E-state index contributed by atoms with van der Waals surface area (Å²) >= 11 is 0. The first kappa shape index (κ1) is 62.0. The molecule has 0 spiro atoms. The second-order valence-electron chi connectivity index (χ2n) is 12.3. The van der Waals surface area contributed by atoms with E-state index in [4.69, 9.17) is 0 Å². The molecule has 0 aromatic carbocycles. The second-order valence-corrected chi connectivity index (χ2v) is 12.3. The zero-order valence-corrected chi connectivity index (χ0v) is 27.2. The van der Waals surface area contributed by atoms with Gasteiger partial charge in [-0.1, -0.05) is 0 Å². The van der Waals surface area contributed by atoms with Crippen LogP contribution in [0.4, 0.5) is 193 Å². The Balaban J connectivity index is 11.5. The van der Waals surface area contributed by atoms with E-state index in [1.54, 1.807) is 0 Å². The monoisotopic (exact) mass is 1090 g/mol. The predicted octanol–water partition coefficient (Wildman–Crippen LogP) is 14.0. The Bertz CT molecular complexity index is 1400. The summed E-state index contributed by atoms with van der Waals surface area (Å²) in [5.41, 5.74) is -44.1. The zero-order chi connectivity index (χ0) is 54.5. The third-order valence-corrected chi connectivity index (χ3v) is 8.71. The highest BCUT2D eigenvalue weighted by molar-refractivity contribution is 6.89. The highest BCUT2D eigenvalue weighted by atomic mass is 19.5. The molecule has 0 amide bonds. The van der Waals surface area contributed by atoms with Gasteiger partial charge < -0.3 is 0 Å². The minimum atomic E-state index is -15.0. The lowest BCUT2D eigenvalue weighted by Crippen LogP contribution is -2.99. The summed E-state index contributed by atoms with van der Waals surface area (Å²) in [6.07, 6.45) is -96.0. The molecule has 0 N–H and O–H groups in total. The van der Waals surface area contributed by atoms with Gasteiger partial charge in [-0.3, -0.25) is 0 Å². The van der Waals surface area contributed by atoms with Gasteiger partial charge in [-0.05, 0) is 0 Å². The van der Waals surface area contributed by atoms with Crippen molar-refractivity contribution in [2.24, 2.45) is 0 Å². The van der Waals surface area contributed by atoms with Crippen molar-refractivity contribution in [1.82, 2.24) is 0 Å². The lowest BCUT2D eigenvalue weighted by Gasteiger charge is -2.64. The van der Waals surface area contributed by atoms with Crippen molar-refractivity contribution in [3.05, 3.63) is 0 Å². The Hall–Kier alpha value is -3.02. The Kier molecular flexibility index (Phi) is 13.8. The van der Waals surface area contributed by atoms with Crippen LogP contribution in [0.2, 0.25) is 0 Å². The van der Waals surface area contributed by atoms with Gasteiger partial charge in [-0.25, -0.2) is 52.7 Å². The van der Waals surface area contributed by atoms with E-state index in [0.29, 0.717) is 0 Å². The van der Waals surface area contributed by atoms with Gasteiger partial charge in [0.2, 0.25) is 23.3 Å². The van der Waals surface area contributed by atoms with Gasteiger partial charge in [0.05, 0.1) is 0 Å². The second kappa shape index (κ2) is 14.5. The van der Waals surface area contributed by atoms with Crippen molar-refractivity contribution in [1.29, 1.82) is 0 Å². The molecule has 0 rings (SSSR count). The minimum absolute atomic E-state index is 10.1. The summed E-state index contributed by atoms with van der Waals surface area (Å²) in [7, 11) is 0. The van der Waals surface area contributed by atoms with Crippen molar-refractivity contribution in [2.75, 3.05) is 0 Å². The predicted molar refractivity (Wildman–Crippen MR) is 109 cm³/mol. The number of alkyl halides is 44. The molecule has 0 aliphatic carbocycles. The third-order valence-electron chi connectivity index (χ3n) is 8.71. The molecule has 392 valence electrons. The van der Waals surface area contributed by atoms with E-state index in [0.717, 1.165) is 0 Å². The van der Waals surface area contributed by atoms with Crippen LogP contribution in [-0.4, -0.2) is 125 Å². The molecule has 0 nitrogen and oxygen atoms in total. The van der Waals surface area contributed by atoms with Gasteiger partial charge >= 0.3 is 102 Å². The fraction of sp³-hybridized carbons (Fsp3) is 1.00. The maximum atomic E-state index is 15.6. The molecule has 45 heteroatoms. The van der Waals surface area contributed by atoms with Crippen molar-refractivity contribution in [3.8, 4) is 0 Å². The van der Waals surface area contributed by atoms with Gasteiger partial charge in [-0.2, -0.15) is 140 Å². The summed E-state index contributed by atoms with van der Waals surface area (Å²) in [5.74, 6) is -98.9. The molecule has 0 aliphatic rings. The average molecular weight is 1090 g/mol. The largest absolute Gasteiger partial charge is 0.437 e. The molecule has 0 radical (unpaired) electrons. The normalized spacial score (nSPS) is 17.5. The maximum Gasteiger partial charge on any atom is 0.437 e. The lowest BCUT2D eigenvalue weighted by molar-refractivity contribution is -0.441. The Morgan fingerprint density at radius 3 is 0.277 bits per heavy atom. The fourth-order valence-corrected chi connectivity index (χ4v) is 5.44. The summed E-state index contributed by atoms with van der Waals surface area (Å²) < 4.78 is 617. The van der Waals surface area contributed by atoms with Gasteiger partial charge in [0.15, 0.2) is 0 Å². The van der Waals surface area contributed by atoms with Crippen LogP contribution in [0.5, 0.6) is 0 Å². The van der Waals surface area contributed by atoms with Crippen LogP contribution in [0, 0.1) is 0 Å². The van der Waals surface area contributed by atoms with E-state index in [9.17, 15) is 158 Å². The average Bonchev–Trinajstić information content (AvgIpc) is 2.97. The van der Waals surface area contributed by atoms with Crippen molar-refractivity contribution in [2.45, 2.75) is 119 Å². The first-order valence-electron chi connectivity index (χ1n) is 13.5. The molecule has 0 saturated carbocycles. The van der Waals surface area contributed by atoms with Crippen LogP contribution in [0.3, 0.4) is 0 Å². The lowest BCUT2D eigenvalue weighted by atomic mass is 9.07. The van der Waals surface area contributed by atoms with Crippen molar-refractivity contribution in [3.63, 3.8) is 0 Å². The number of hydrogen-bond acceptors (Lipinski definition) is 0. The number of hydrogen-bond donors (Lipinski definition) is 0. The maximum absolute atomic E-state index is 15.6. The van der Waals surface area contributed by atoms with Crippen LogP contribution in [-0.2, 0) is 0 Å². The Labute approximate surface area is 320 Å². The Morgan fingerprint density at radius 2 is 0.215 bits per heavy atom. The SMILES string of the molecule is FC(F)(F)C(F)(C(F)(F)F)C(F)(F)C(F)(F)[B-](C(F)(F)C(F)(F)C(F)(C(F)(F)F)C(F)(F)F)(C(F)(F)C(F)(F)C(F)(C(F)(F)F)C(F)(F)F)C(F)(F)C(F)(F)C(F)(C(F)(F)F)C(F)(F)F. The smallest absolute Gasteiger partial charge is 0.245 e. The molecule has 0 fully saturated rings. The van der Waals surface area contributed by atoms with Gasteiger partial charge in [0, 0.05) is 0 Å². The van der Waals surface area contributed by atoms with Crippen LogP contribution in [0.1, 0.15) is 0 Å². The highest BCUT2D eigenvalue weighted by Crippen LogP contribution is 2.77. The molecule has 0 aliphatic heterocycles. The molecular weight excluding hydrogens is 1090 g/mol. The molecule has 0 aromatic rings. The van der Waals surface area contributed by atoms with E-state index >= 15 is 35.1 Å². The summed E-state index contributed by atoms with van der Waals surface area (Å²) in [4.78, 5) is 0. The van der Waals surface area contributed by atoms with E-state index in [2.05, 4.69) is 0 Å². The minimum Gasteiger partial charge on any atom is -0.245 e. The fourth-order valence-electron chi connectivity index (χ4n) is 5.44. The van der Waals surface area contributed by atoms with E-state index in [1.807, 2.05) is 0 Å². The molecule has 0 heterocycles. The molecular formula is C20BF44-. The van der Waals surface area contributed by atoms with Crippen LogP contribution in [0.15, 0.2) is 0 Å². The van der Waals surface area contributed by atoms with Crippen molar-refractivity contribution >= 4 is 6.15 Å². The molecule has 65 heavy (non-hydrogen) atoms. The third kappa shape index (κ3) is 6.77. The first-order chi connectivity index (χ1) is 27.0. The van der Waals surface area contributed by atoms with Gasteiger partial charge in [-0.15, -0.1) is 0 Å². The molecule has 0 atom stereocenters. The van der Waals surface area contributed by atoms with E-state index < -0.39 is 125 Å². The van der Waals surface area contributed by atoms with Crippen LogP contribution < -0.4 is 0 Å². The van der Waals surface area contributed by atoms with Gasteiger partial charge in [0.25, 0.3) is 0 Å². The number of halogens is 44. The first-order valence-corrected chi connectivity index (χ1v) is 13.5. The summed E-state index contributed by atoms with van der Waals surface area (Å²) in [6.45, 7) is 0. The van der Waals surface area contributed by atoms with Crippen LogP contribution in [0.25, 0.3) is 0 Å². The molecule has 0 bridgehead atoms. The topological polar surface area (TPSA) is 0 Å².